The van der Waals surface area contributed by atoms with Crippen LogP contribution in [0, 0.1) is 6.92 Å². The second kappa shape index (κ2) is 7.18. The molecule has 0 amide bonds. The fourth-order valence-electron chi connectivity index (χ4n) is 3.30. The number of nitrogens with zero attached hydrogens (tertiary/aromatic N) is 2. The highest BCUT2D eigenvalue weighted by Gasteiger charge is 2.24. The van der Waals surface area contributed by atoms with Gasteiger partial charge in [0.05, 0.1) is 10.4 Å². The number of para-hydroxylation sites is 1. The van der Waals surface area contributed by atoms with Gasteiger partial charge in [-0.15, -0.1) is 0 Å². The highest BCUT2D eigenvalue weighted by Crippen LogP contribution is 2.36. The summed E-state index contributed by atoms with van der Waals surface area (Å²) in [5.74, 6) is 0.552. The van der Waals surface area contributed by atoms with Crippen molar-refractivity contribution in [3.8, 4) is 5.75 Å². The van der Waals surface area contributed by atoms with E-state index in [4.69, 9.17) is 4.74 Å². The molecular weight excluding hydrogens is 392 g/mol. The van der Waals surface area contributed by atoms with Gasteiger partial charge in [0, 0.05) is 17.2 Å². The Morgan fingerprint density at radius 1 is 1.21 bits per heavy atom. The minimum Gasteiger partial charge on any atom is -0.487 e. The highest BCUT2D eigenvalue weighted by molar-refractivity contribution is 7.90. The number of carboxylic acid groups (broad SMARTS) is 1. The molecule has 154 valence electrons. The molecule has 1 aromatic heterocycles. The lowest BCUT2D eigenvalue weighted by atomic mass is 9.86. The molecule has 0 radical (unpaired) electrons. The van der Waals surface area contributed by atoms with E-state index in [1.807, 2.05) is 26.8 Å². The number of fused-ring (bicyclic) bond motifs is 1. The molecule has 7 nitrogen and oxygen atoms in total. The van der Waals surface area contributed by atoms with E-state index in [9.17, 15) is 18.3 Å². The van der Waals surface area contributed by atoms with Crippen LogP contribution in [0.4, 0.5) is 4.79 Å². The smallest absolute Gasteiger partial charge is 0.432 e. The Hall–Kier alpha value is -2.87. The summed E-state index contributed by atoms with van der Waals surface area (Å²) >= 11 is 0. The van der Waals surface area contributed by atoms with Crippen LogP contribution in [-0.2, 0) is 21.9 Å². The molecule has 3 rings (SSSR count). The molecule has 29 heavy (non-hydrogen) atoms. The highest BCUT2D eigenvalue weighted by atomic mass is 32.2. The van der Waals surface area contributed by atoms with Gasteiger partial charge in [0.15, 0.2) is 9.84 Å². The number of ether oxygens (including phenoxy) is 1. The third kappa shape index (κ3) is 4.12. The zero-order valence-corrected chi connectivity index (χ0v) is 17.9. The average molecular weight is 416 g/mol. The van der Waals surface area contributed by atoms with Crippen LogP contribution in [0.3, 0.4) is 0 Å². The molecule has 0 atom stereocenters. The van der Waals surface area contributed by atoms with Gasteiger partial charge in [0.2, 0.25) is 0 Å². The Bertz CT molecular complexity index is 1200. The van der Waals surface area contributed by atoms with Gasteiger partial charge in [-0.3, -0.25) is 0 Å². The van der Waals surface area contributed by atoms with E-state index in [2.05, 4.69) is 5.10 Å². The summed E-state index contributed by atoms with van der Waals surface area (Å²) in [6, 6.07) is 10.4. The quantitative estimate of drug-likeness (QED) is 0.686. The molecule has 0 spiro atoms. The van der Waals surface area contributed by atoms with Crippen LogP contribution in [0.25, 0.3) is 10.9 Å². The fraction of sp³-hybridized carbons (Fsp3) is 0.333. The Labute approximate surface area is 169 Å². The van der Waals surface area contributed by atoms with E-state index < -0.39 is 15.9 Å². The van der Waals surface area contributed by atoms with Crippen molar-refractivity contribution in [2.75, 3.05) is 6.26 Å². The molecule has 1 N–H and O–H groups in total. The molecule has 1 heterocycles. The molecule has 0 aliphatic carbocycles. The van der Waals surface area contributed by atoms with Gasteiger partial charge in [-0.2, -0.15) is 9.78 Å². The number of hydrogen-bond acceptors (Lipinski definition) is 5. The third-order valence-electron chi connectivity index (χ3n) is 4.69. The van der Waals surface area contributed by atoms with Crippen LogP contribution >= 0.6 is 0 Å². The minimum atomic E-state index is -3.37. The van der Waals surface area contributed by atoms with Gasteiger partial charge in [-0.25, -0.2) is 13.2 Å². The van der Waals surface area contributed by atoms with Crippen molar-refractivity contribution < 1.29 is 23.1 Å². The predicted molar refractivity (Wildman–Crippen MR) is 110 cm³/mol. The molecule has 0 saturated heterocycles. The van der Waals surface area contributed by atoms with Gasteiger partial charge in [-0.1, -0.05) is 39.0 Å². The first kappa shape index (κ1) is 20.9. The maximum Gasteiger partial charge on any atom is 0.432 e. The summed E-state index contributed by atoms with van der Waals surface area (Å²) in [6.07, 6.45) is 0.0173. The molecule has 0 aliphatic heterocycles. The first-order valence-electron chi connectivity index (χ1n) is 9.07. The van der Waals surface area contributed by atoms with Crippen molar-refractivity contribution >= 4 is 26.8 Å². The maximum atomic E-state index is 12.1. The molecule has 0 unspecified atom stereocenters. The van der Waals surface area contributed by atoms with Crippen molar-refractivity contribution in [3.05, 3.63) is 53.2 Å². The molecule has 3 aromatic rings. The number of aryl methyl sites for hydroxylation is 1. The summed E-state index contributed by atoms with van der Waals surface area (Å²) in [6.45, 7) is 7.72. The van der Waals surface area contributed by atoms with E-state index in [1.165, 1.54) is 6.26 Å². The van der Waals surface area contributed by atoms with Crippen molar-refractivity contribution in [3.63, 3.8) is 0 Å². The van der Waals surface area contributed by atoms with E-state index in [0.29, 0.717) is 27.9 Å². The summed E-state index contributed by atoms with van der Waals surface area (Å²) in [4.78, 5) is 11.7. The molecule has 0 aliphatic rings. The standard InChI is InChI=1S/C21H24N2O5S/c1-13-10-18(15(21(2,3)4)11-19(13)29(5,26)27)28-12-16-14-8-6-7-9-17(14)23(22-16)20(24)25/h6-11H,12H2,1-5H3,(H,24,25). The number of sulfone groups is 1. The summed E-state index contributed by atoms with van der Waals surface area (Å²) in [5, 5.41) is 14.2. The molecular formula is C21H24N2O5S. The molecule has 0 fully saturated rings. The zero-order valence-electron chi connectivity index (χ0n) is 17.1. The van der Waals surface area contributed by atoms with Crippen LogP contribution in [0.5, 0.6) is 5.75 Å². The van der Waals surface area contributed by atoms with Gasteiger partial charge >= 0.3 is 6.09 Å². The van der Waals surface area contributed by atoms with E-state index in [1.54, 1.807) is 37.3 Å². The maximum absolute atomic E-state index is 12.1. The zero-order chi connectivity index (χ0) is 21.6. The van der Waals surface area contributed by atoms with Crippen molar-refractivity contribution in [1.29, 1.82) is 0 Å². The molecule has 2 aromatic carbocycles. The average Bonchev–Trinajstić information content (AvgIpc) is 2.97. The molecule has 0 bridgehead atoms. The first-order chi connectivity index (χ1) is 13.4. The number of hydrogen-bond donors (Lipinski definition) is 1. The largest absolute Gasteiger partial charge is 0.487 e. The SMILES string of the molecule is Cc1cc(OCc2nn(C(=O)O)c3ccccc23)c(C(C)(C)C)cc1S(C)(=O)=O. The fourth-order valence-corrected chi connectivity index (χ4v) is 4.27. The minimum absolute atomic E-state index is 0.0571. The number of carbonyl (C=O) groups is 1. The van der Waals surface area contributed by atoms with Gasteiger partial charge in [-0.05, 0) is 36.1 Å². The van der Waals surface area contributed by atoms with Crippen LogP contribution < -0.4 is 4.74 Å². The summed E-state index contributed by atoms with van der Waals surface area (Å²) in [5.41, 5.74) is 1.97. The monoisotopic (exact) mass is 416 g/mol. The van der Waals surface area contributed by atoms with E-state index in [-0.39, 0.29) is 16.9 Å². The first-order valence-corrected chi connectivity index (χ1v) is 11.0. The van der Waals surface area contributed by atoms with Crippen molar-refractivity contribution in [1.82, 2.24) is 9.78 Å². The van der Waals surface area contributed by atoms with Gasteiger partial charge < -0.3 is 9.84 Å². The summed E-state index contributed by atoms with van der Waals surface area (Å²) in [7, 11) is -3.37. The second-order valence-corrected chi connectivity index (χ2v) is 10.1. The van der Waals surface area contributed by atoms with E-state index >= 15 is 0 Å². The van der Waals surface area contributed by atoms with Crippen LogP contribution in [0.15, 0.2) is 41.3 Å². The van der Waals surface area contributed by atoms with Crippen LogP contribution in [0.2, 0.25) is 0 Å². The second-order valence-electron chi connectivity index (χ2n) is 8.08. The van der Waals surface area contributed by atoms with Gasteiger partial charge in [0.1, 0.15) is 18.1 Å². The third-order valence-corrected chi connectivity index (χ3v) is 5.93. The van der Waals surface area contributed by atoms with Crippen LogP contribution in [0.1, 0.15) is 37.6 Å². The Morgan fingerprint density at radius 2 is 1.86 bits per heavy atom. The van der Waals surface area contributed by atoms with Crippen LogP contribution in [-0.4, -0.2) is 35.7 Å². The number of benzene rings is 2. The Kier molecular flexibility index (Phi) is 5.17. The van der Waals surface area contributed by atoms with Gasteiger partial charge in [0.25, 0.3) is 0 Å². The van der Waals surface area contributed by atoms with E-state index in [0.717, 1.165) is 10.2 Å². The Morgan fingerprint density at radius 3 is 2.45 bits per heavy atom. The molecule has 0 saturated carbocycles. The lowest BCUT2D eigenvalue weighted by Crippen LogP contribution is -2.16. The van der Waals surface area contributed by atoms with Crippen molar-refractivity contribution in [2.24, 2.45) is 0 Å². The number of aromatic nitrogens is 2. The lowest BCUT2D eigenvalue weighted by molar-refractivity contribution is 0.193. The summed E-state index contributed by atoms with van der Waals surface area (Å²) < 4.78 is 31.2. The number of rotatable bonds is 4. The lowest BCUT2D eigenvalue weighted by Gasteiger charge is -2.24. The predicted octanol–water partition coefficient (Wildman–Crippen LogP) is 4.15. The Balaban J connectivity index is 2.05. The normalized spacial score (nSPS) is 12.3. The molecule has 8 heteroatoms. The topological polar surface area (TPSA) is 98.5 Å². The van der Waals surface area contributed by atoms with Crippen molar-refractivity contribution in [2.45, 2.75) is 44.6 Å².